The van der Waals surface area contributed by atoms with E-state index in [9.17, 15) is 4.79 Å². The lowest BCUT2D eigenvalue weighted by Crippen LogP contribution is -1.92. The van der Waals surface area contributed by atoms with Crippen LogP contribution >= 0.6 is 0 Å². The number of unbranched alkanes of at least 4 members (excludes halogenated alkanes) is 1. The zero-order valence-corrected chi connectivity index (χ0v) is 6.08. The van der Waals surface area contributed by atoms with E-state index in [0.29, 0.717) is 19.5 Å². The van der Waals surface area contributed by atoms with Gasteiger partial charge in [0.05, 0.1) is 6.61 Å². The van der Waals surface area contributed by atoms with Gasteiger partial charge in [0, 0.05) is 6.61 Å². The second kappa shape index (κ2) is 15.7. The highest BCUT2D eigenvalue weighted by molar-refractivity contribution is 5.36. The molecule has 0 aliphatic heterocycles. The molecule has 60 valence electrons. The monoisotopic (exact) mass is 146 g/mol. The van der Waals surface area contributed by atoms with Gasteiger partial charge in [-0.05, 0) is 12.8 Å². The molecule has 0 bridgehead atoms. The van der Waals surface area contributed by atoms with Crippen molar-refractivity contribution in [2.75, 3.05) is 13.2 Å². The Labute approximate surface area is 61.3 Å². The van der Waals surface area contributed by atoms with Crippen LogP contribution in [0.15, 0.2) is 13.2 Å². The van der Waals surface area contributed by atoms with Gasteiger partial charge in [0.2, 0.25) is 0 Å². The molecule has 0 amide bonds. The standard InChI is InChI=1S/C5H10O3.C2H4/c6-3-1-2-4-8-5-7;1-2/h5-6H,1-4H2;1-2H2. The van der Waals surface area contributed by atoms with Crippen LogP contribution in [-0.4, -0.2) is 24.8 Å². The SMILES string of the molecule is C=C.O=COCCCCO. The average Bonchev–Trinajstić information content (AvgIpc) is 2.02. The van der Waals surface area contributed by atoms with E-state index in [1.165, 1.54) is 0 Å². The maximum Gasteiger partial charge on any atom is 0.293 e. The first kappa shape index (κ1) is 11.9. The van der Waals surface area contributed by atoms with Crippen molar-refractivity contribution in [3.05, 3.63) is 13.2 Å². The predicted molar refractivity (Wildman–Crippen MR) is 39.6 cm³/mol. The van der Waals surface area contributed by atoms with Crippen LogP contribution in [0.5, 0.6) is 0 Å². The van der Waals surface area contributed by atoms with Crippen LogP contribution in [0.4, 0.5) is 0 Å². The summed E-state index contributed by atoms with van der Waals surface area (Å²) in [6, 6.07) is 0. The van der Waals surface area contributed by atoms with Gasteiger partial charge in [0.15, 0.2) is 0 Å². The highest BCUT2D eigenvalue weighted by atomic mass is 16.5. The molecule has 0 aromatic carbocycles. The lowest BCUT2D eigenvalue weighted by molar-refractivity contribution is -0.128. The van der Waals surface area contributed by atoms with Gasteiger partial charge in [-0.15, -0.1) is 13.2 Å². The molecule has 10 heavy (non-hydrogen) atoms. The molecular formula is C7H14O3. The van der Waals surface area contributed by atoms with Gasteiger partial charge >= 0.3 is 0 Å². The average molecular weight is 146 g/mol. The molecule has 0 heterocycles. The van der Waals surface area contributed by atoms with Gasteiger partial charge in [-0.2, -0.15) is 0 Å². The Morgan fingerprint density at radius 3 is 2.40 bits per heavy atom. The zero-order chi connectivity index (χ0) is 8.24. The molecule has 0 rings (SSSR count). The molecule has 0 aromatic rings. The molecule has 0 spiro atoms. The van der Waals surface area contributed by atoms with Crippen molar-refractivity contribution in [1.29, 1.82) is 0 Å². The zero-order valence-electron chi connectivity index (χ0n) is 6.08. The Hall–Kier alpha value is -0.830. The van der Waals surface area contributed by atoms with E-state index in [1.807, 2.05) is 0 Å². The van der Waals surface area contributed by atoms with Crippen LogP contribution < -0.4 is 0 Å². The highest BCUT2D eigenvalue weighted by Gasteiger charge is 1.83. The van der Waals surface area contributed by atoms with Crippen molar-refractivity contribution in [2.24, 2.45) is 0 Å². The Kier molecular flexibility index (Phi) is 18.7. The summed E-state index contributed by atoms with van der Waals surface area (Å²) < 4.78 is 4.34. The Morgan fingerprint density at radius 1 is 1.40 bits per heavy atom. The summed E-state index contributed by atoms with van der Waals surface area (Å²) in [5.41, 5.74) is 0. The van der Waals surface area contributed by atoms with E-state index >= 15 is 0 Å². The fourth-order valence-electron chi connectivity index (χ4n) is 0.345. The van der Waals surface area contributed by atoms with Crippen molar-refractivity contribution >= 4 is 6.47 Å². The molecule has 0 unspecified atom stereocenters. The summed E-state index contributed by atoms with van der Waals surface area (Å²) in [7, 11) is 0. The molecule has 0 aromatic heterocycles. The van der Waals surface area contributed by atoms with Crippen molar-refractivity contribution in [3.63, 3.8) is 0 Å². The van der Waals surface area contributed by atoms with E-state index in [4.69, 9.17) is 5.11 Å². The number of ether oxygens (including phenoxy) is 1. The second-order valence-electron chi connectivity index (χ2n) is 1.40. The van der Waals surface area contributed by atoms with E-state index < -0.39 is 0 Å². The smallest absolute Gasteiger partial charge is 0.293 e. The van der Waals surface area contributed by atoms with E-state index in [2.05, 4.69) is 17.9 Å². The second-order valence-corrected chi connectivity index (χ2v) is 1.40. The third-order valence-electron chi connectivity index (χ3n) is 0.738. The van der Waals surface area contributed by atoms with Crippen molar-refractivity contribution in [1.82, 2.24) is 0 Å². The lowest BCUT2D eigenvalue weighted by Gasteiger charge is -1.93. The van der Waals surface area contributed by atoms with Crippen LogP contribution in [0.1, 0.15) is 12.8 Å². The summed E-state index contributed by atoms with van der Waals surface area (Å²) in [6.45, 7) is 7.00. The summed E-state index contributed by atoms with van der Waals surface area (Å²) >= 11 is 0. The highest BCUT2D eigenvalue weighted by Crippen LogP contribution is 1.85. The first-order chi connectivity index (χ1) is 4.91. The molecule has 0 aliphatic carbocycles. The van der Waals surface area contributed by atoms with Gasteiger partial charge in [-0.3, -0.25) is 4.79 Å². The molecule has 0 saturated carbocycles. The third kappa shape index (κ3) is 15.7. The van der Waals surface area contributed by atoms with Crippen molar-refractivity contribution < 1.29 is 14.6 Å². The molecular weight excluding hydrogens is 132 g/mol. The summed E-state index contributed by atoms with van der Waals surface area (Å²) in [5.74, 6) is 0. The molecule has 3 heteroatoms. The number of hydrogen-bond acceptors (Lipinski definition) is 3. The molecule has 0 radical (unpaired) electrons. The predicted octanol–water partition coefficient (Wildman–Crippen LogP) is 0.734. The van der Waals surface area contributed by atoms with Gasteiger partial charge in [-0.25, -0.2) is 0 Å². The van der Waals surface area contributed by atoms with Gasteiger partial charge < -0.3 is 9.84 Å². The first-order valence-corrected chi connectivity index (χ1v) is 3.08. The number of rotatable bonds is 5. The summed E-state index contributed by atoms with van der Waals surface area (Å²) in [6.07, 6.45) is 1.45. The number of hydrogen-bond donors (Lipinski definition) is 1. The number of aliphatic hydroxyl groups excluding tert-OH is 1. The molecule has 0 saturated heterocycles. The number of aliphatic hydroxyl groups is 1. The van der Waals surface area contributed by atoms with Crippen LogP contribution in [0.2, 0.25) is 0 Å². The van der Waals surface area contributed by atoms with Gasteiger partial charge in [0.25, 0.3) is 6.47 Å². The fourth-order valence-corrected chi connectivity index (χ4v) is 0.345. The van der Waals surface area contributed by atoms with Crippen LogP contribution in [-0.2, 0) is 9.53 Å². The van der Waals surface area contributed by atoms with Crippen LogP contribution in [0.3, 0.4) is 0 Å². The fraction of sp³-hybridized carbons (Fsp3) is 0.571. The topological polar surface area (TPSA) is 46.5 Å². The lowest BCUT2D eigenvalue weighted by atomic mass is 10.3. The van der Waals surface area contributed by atoms with Crippen LogP contribution in [0.25, 0.3) is 0 Å². The molecule has 1 N–H and O–H groups in total. The molecule has 0 fully saturated rings. The summed E-state index contributed by atoms with van der Waals surface area (Å²) in [5, 5.41) is 8.22. The quantitative estimate of drug-likeness (QED) is 0.353. The normalized spacial score (nSPS) is 7.30. The van der Waals surface area contributed by atoms with Gasteiger partial charge in [0.1, 0.15) is 0 Å². The van der Waals surface area contributed by atoms with E-state index in [0.717, 1.165) is 6.42 Å². The summed E-state index contributed by atoms with van der Waals surface area (Å²) in [4.78, 5) is 9.48. The minimum absolute atomic E-state index is 0.169. The van der Waals surface area contributed by atoms with E-state index in [1.54, 1.807) is 0 Å². The van der Waals surface area contributed by atoms with E-state index in [-0.39, 0.29) is 6.61 Å². The Bertz CT molecular complexity index is 63.9. The number of carbonyl (C=O) groups is 1. The molecule has 0 aliphatic rings. The van der Waals surface area contributed by atoms with Crippen molar-refractivity contribution in [2.45, 2.75) is 12.8 Å². The minimum Gasteiger partial charge on any atom is -0.468 e. The van der Waals surface area contributed by atoms with Gasteiger partial charge in [-0.1, -0.05) is 0 Å². The maximum absolute atomic E-state index is 9.48. The Balaban J connectivity index is 0. The number of carbonyl (C=O) groups excluding carboxylic acids is 1. The third-order valence-corrected chi connectivity index (χ3v) is 0.738. The molecule has 0 atom stereocenters. The molecule has 3 nitrogen and oxygen atoms in total. The maximum atomic E-state index is 9.48. The largest absolute Gasteiger partial charge is 0.468 e. The Morgan fingerprint density at radius 2 is 2.00 bits per heavy atom. The first-order valence-electron chi connectivity index (χ1n) is 3.08. The van der Waals surface area contributed by atoms with Crippen LogP contribution in [0, 0.1) is 0 Å². The minimum atomic E-state index is 0.169. The van der Waals surface area contributed by atoms with Crippen molar-refractivity contribution in [3.8, 4) is 0 Å².